The van der Waals surface area contributed by atoms with E-state index in [1.807, 2.05) is 6.20 Å². The van der Waals surface area contributed by atoms with Crippen LogP contribution in [0.3, 0.4) is 0 Å². The molecule has 0 atom stereocenters. The number of nitrogens with one attached hydrogen (secondary N) is 1. The highest BCUT2D eigenvalue weighted by molar-refractivity contribution is 9.18. The minimum atomic E-state index is 0.938. The molecule has 0 unspecified atom stereocenters. The van der Waals surface area contributed by atoms with Crippen molar-refractivity contribution in [1.82, 2.24) is 10.2 Å². The van der Waals surface area contributed by atoms with Crippen molar-refractivity contribution in [3.8, 4) is 0 Å². The number of aliphatic imine (C=N–C) groups is 1. The topological polar surface area (TPSA) is 27.6 Å². The van der Waals surface area contributed by atoms with E-state index < -0.39 is 0 Å². The minimum absolute atomic E-state index is 0.938. The monoisotopic (exact) mass is 201 g/mol. The van der Waals surface area contributed by atoms with Gasteiger partial charge in [-0.1, -0.05) is 0 Å². The smallest absolute Gasteiger partial charge is 0.145 e. The van der Waals surface area contributed by atoms with Gasteiger partial charge in [0.25, 0.3) is 0 Å². The lowest BCUT2D eigenvalue weighted by molar-refractivity contribution is 0.383. The van der Waals surface area contributed by atoms with Gasteiger partial charge in [-0.3, -0.25) is 0 Å². The third-order valence-electron chi connectivity index (χ3n) is 1.64. The lowest BCUT2D eigenvalue weighted by Crippen LogP contribution is -2.33. The van der Waals surface area contributed by atoms with Crippen LogP contribution >= 0.6 is 15.9 Å². The van der Waals surface area contributed by atoms with Crippen molar-refractivity contribution in [1.29, 1.82) is 0 Å². The quantitative estimate of drug-likeness (QED) is 0.619. The highest BCUT2D eigenvalue weighted by Crippen LogP contribution is 2.17. The average molecular weight is 202 g/mol. The second kappa shape index (κ2) is 2.27. The summed E-state index contributed by atoms with van der Waals surface area (Å²) >= 11 is 3.37. The summed E-state index contributed by atoms with van der Waals surface area (Å²) in [5, 5.41) is 3.15. The molecule has 2 heterocycles. The maximum atomic E-state index is 4.27. The largest absolute Gasteiger partial charge is 0.386 e. The second-order valence-corrected chi connectivity index (χ2v) is 3.28. The molecule has 2 aliphatic heterocycles. The molecule has 54 valence electrons. The van der Waals surface area contributed by atoms with Gasteiger partial charge in [0.05, 0.1) is 6.54 Å². The van der Waals surface area contributed by atoms with Crippen LogP contribution in [0.2, 0.25) is 0 Å². The predicted octanol–water partition coefficient (Wildman–Crippen LogP) is 0.497. The van der Waals surface area contributed by atoms with Gasteiger partial charge in [-0.15, -0.1) is 0 Å². The Labute approximate surface area is 67.9 Å². The van der Waals surface area contributed by atoms with Crippen LogP contribution in [0, 0.1) is 0 Å². The van der Waals surface area contributed by atoms with Gasteiger partial charge in [-0.05, 0) is 15.9 Å². The highest BCUT2D eigenvalue weighted by Gasteiger charge is 2.19. The van der Waals surface area contributed by atoms with Gasteiger partial charge in [0.2, 0.25) is 0 Å². The molecule has 0 radical (unpaired) electrons. The predicted molar refractivity (Wildman–Crippen MR) is 44.0 cm³/mol. The molecule has 0 saturated heterocycles. The molecule has 0 aromatic carbocycles. The minimum Gasteiger partial charge on any atom is -0.386 e. The van der Waals surface area contributed by atoms with E-state index in [1.165, 1.54) is 0 Å². The Hall–Kier alpha value is -0.510. The zero-order valence-corrected chi connectivity index (χ0v) is 7.06. The van der Waals surface area contributed by atoms with Crippen molar-refractivity contribution in [2.45, 2.75) is 0 Å². The van der Waals surface area contributed by atoms with Crippen molar-refractivity contribution in [3.63, 3.8) is 0 Å². The Kier molecular flexibility index (Phi) is 1.41. The van der Waals surface area contributed by atoms with E-state index in [0.717, 1.165) is 30.1 Å². The summed E-state index contributed by atoms with van der Waals surface area (Å²) < 4.78 is 1.03. The van der Waals surface area contributed by atoms with Crippen molar-refractivity contribution in [2.75, 3.05) is 19.6 Å². The number of hydrogen-bond donors (Lipinski definition) is 1. The molecular formula is C6H8BrN3. The third-order valence-corrected chi connectivity index (χ3v) is 2.07. The summed E-state index contributed by atoms with van der Waals surface area (Å²) in [6.45, 7) is 3.03. The molecule has 0 saturated carbocycles. The standard InChI is InChI=1S/C6H8BrN3/c7-5-4-10-2-1-8-3-6(10)9-5/h3,8H,1-2,4H2. The molecule has 0 aliphatic carbocycles. The maximum absolute atomic E-state index is 4.27. The van der Waals surface area contributed by atoms with Crippen molar-refractivity contribution in [2.24, 2.45) is 4.99 Å². The summed E-state index contributed by atoms with van der Waals surface area (Å²) in [5.41, 5.74) is 0. The van der Waals surface area contributed by atoms with Gasteiger partial charge in [-0.25, -0.2) is 4.99 Å². The molecule has 0 bridgehead atoms. The number of nitrogens with zero attached hydrogens (tertiary/aromatic N) is 2. The van der Waals surface area contributed by atoms with Gasteiger partial charge in [0, 0.05) is 19.3 Å². The van der Waals surface area contributed by atoms with Gasteiger partial charge >= 0.3 is 0 Å². The first-order chi connectivity index (χ1) is 4.86. The Morgan fingerprint density at radius 3 is 3.40 bits per heavy atom. The van der Waals surface area contributed by atoms with Crippen molar-refractivity contribution < 1.29 is 0 Å². The number of fused-ring (bicyclic) bond motifs is 1. The molecule has 3 nitrogen and oxygen atoms in total. The van der Waals surface area contributed by atoms with E-state index in [2.05, 4.69) is 31.1 Å². The third kappa shape index (κ3) is 0.923. The molecule has 0 aromatic rings. The van der Waals surface area contributed by atoms with Gasteiger partial charge < -0.3 is 10.2 Å². The first kappa shape index (κ1) is 6.22. The Bertz CT molecular complexity index is 209. The van der Waals surface area contributed by atoms with Gasteiger partial charge in [-0.2, -0.15) is 0 Å². The summed E-state index contributed by atoms with van der Waals surface area (Å²) in [6.07, 6.45) is 1.96. The van der Waals surface area contributed by atoms with Gasteiger partial charge in [0.1, 0.15) is 10.4 Å². The van der Waals surface area contributed by atoms with Crippen LogP contribution in [0.15, 0.2) is 17.0 Å². The van der Waals surface area contributed by atoms with Crippen LogP contribution in [0.25, 0.3) is 0 Å². The fourth-order valence-corrected chi connectivity index (χ4v) is 1.63. The maximum Gasteiger partial charge on any atom is 0.145 e. The molecule has 4 heteroatoms. The summed E-state index contributed by atoms with van der Waals surface area (Å²) in [4.78, 5) is 6.51. The second-order valence-electron chi connectivity index (χ2n) is 2.37. The molecule has 1 N–H and O–H groups in total. The average Bonchev–Trinajstić information content (AvgIpc) is 2.27. The van der Waals surface area contributed by atoms with E-state index in [9.17, 15) is 0 Å². The lowest BCUT2D eigenvalue weighted by atomic mass is 10.4. The van der Waals surface area contributed by atoms with Crippen LogP contribution < -0.4 is 5.32 Å². The van der Waals surface area contributed by atoms with Gasteiger partial charge in [0.15, 0.2) is 0 Å². The van der Waals surface area contributed by atoms with Crippen LogP contribution in [-0.2, 0) is 0 Å². The number of hydrogen-bond acceptors (Lipinski definition) is 3. The molecule has 2 rings (SSSR count). The first-order valence-corrected chi connectivity index (χ1v) is 4.07. The Morgan fingerprint density at radius 1 is 1.70 bits per heavy atom. The molecule has 2 aliphatic rings. The number of rotatable bonds is 0. The summed E-state index contributed by atoms with van der Waals surface area (Å²) in [6, 6.07) is 0. The Morgan fingerprint density at radius 2 is 2.60 bits per heavy atom. The summed E-state index contributed by atoms with van der Waals surface area (Å²) in [7, 11) is 0. The highest BCUT2D eigenvalue weighted by atomic mass is 79.9. The van der Waals surface area contributed by atoms with E-state index in [-0.39, 0.29) is 0 Å². The van der Waals surface area contributed by atoms with E-state index in [0.29, 0.717) is 0 Å². The summed E-state index contributed by atoms with van der Waals surface area (Å²) in [5.74, 6) is 1.05. The normalized spacial score (nSPS) is 23.1. The molecule has 0 fully saturated rings. The fourth-order valence-electron chi connectivity index (χ4n) is 1.15. The SMILES string of the molecule is BrC1=NC2=CNCCN2C1. The molecular weight excluding hydrogens is 194 g/mol. The Balaban J connectivity index is 2.23. The van der Waals surface area contributed by atoms with Crippen molar-refractivity contribution >= 4 is 20.6 Å². The lowest BCUT2D eigenvalue weighted by Gasteiger charge is -2.22. The molecule has 0 spiro atoms. The molecule has 0 aromatic heterocycles. The van der Waals surface area contributed by atoms with Crippen LogP contribution in [0.4, 0.5) is 0 Å². The molecule has 0 amide bonds. The zero-order chi connectivity index (χ0) is 6.97. The van der Waals surface area contributed by atoms with Crippen molar-refractivity contribution in [3.05, 3.63) is 12.0 Å². The fraction of sp³-hybridized carbons (Fsp3) is 0.500. The van der Waals surface area contributed by atoms with Crippen LogP contribution in [0.1, 0.15) is 0 Å². The molecule has 10 heavy (non-hydrogen) atoms. The van der Waals surface area contributed by atoms with Crippen LogP contribution in [0.5, 0.6) is 0 Å². The van der Waals surface area contributed by atoms with Crippen LogP contribution in [-0.4, -0.2) is 29.2 Å². The first-order valence-electron chi connectivity index (χ1n) is 3.28. The van der Waals surface area contributed by atoms with E-state index in [4.69, 9.17) is 0 Å². The van der Waals surface area contributed by atoms with E-state index in [1.54, 1.807) is 0 Å². The zero-order valence-electron chi connectivity index (χ0n) is 5.47. The number of halogens is 1. The van der Waals surface area contributed by atoms with E-state index >= 15 is 0 Å².